The standard InChI is InChI=1S/C7H15NO2.ClH/c1-5(9)7-3-2-6(8)4-10-7;/h5-7,9H,2-4,8H2,1H3;1H/t5?,6-,7+;/m1./s1. The predicted molar refractivity (Wildman–Crippen MR) is 45.9 cm³/mol. The summed E-state index contributed by atoms with van der Waals surface area (Å²) in [5.41, 5.74) is 5.59. The minimum Gasteiger partial charge on any atom is -0.391 e. The largest absolute Gasteiger partial charge is 0.391 e. The number of aliphatic hydroxyl groups is 1. The predicted octanol–water partition coefficient (Wildman–Crippen LogP) is 0.295. The molecule has 0 aromatic heterocycles. The number of aliphatic hydroxyl groups excluding tert-OH is 1. The highest BCUT2D eigenvalue weighted by atomic mass is 35.5. The van der Waals surface area contributed by atoms with Gasteiger partial charge in [0.25, 0.3) is 0 Å². The molecule has 3 nitrogen and oxygen atoms in total. The average molecular weight is 182 g/mol. The summed E-state index contributed by atoms with van der Waals surface area (Å²) in [4.78, 5) is 0. The summed E-state index contributed by atoms with van der Waals surface area (Å²) in [7, 11) is 0. The van der Waals surface area contributed by atoms with Crippen LogP contribution in [0.4, 0.5) is 0 Å². The van der Waals surface area contributed by atoms with Crippen molar-refractivity contribution in [2.45, 2.75) is 38.0 Å². The maximum absolute atomic E-state index is 9.10. The third-order valence-electron chi connectivity index (χ3n) is 1.88. The summed E-state index contributed by atoms with van der Waals surface area (Å²) in [6.07, 6.45) is 1.52. The van der Waals surface area contributed by atoms with E-state index < -0.39 is 0 Å². The van der Waals surface area contributed by atoms with Crippen LogP contribution in [0, 0.1) is 0 Å². The number of ether oxygens (including phenoxy) is 1. The molecule has 0 bridgehead atoms. The van der Waals surface area contributed by atoms with E-state index in [1.165, 1.54) is 0 Å². The summed E-state index contributed by atoms with van der Waals surface area (Å²) >= 11 is 0. The van der Waals surface area contributed by atoms with Gasteiger partial charge in [0.1, 0.15) is 0 Å². The second-order valence-corrected chi connectivity index (χ2v) is 2.95. The number of halogens is 1. The van der Waals surface area contributed by atoms with Crippen LogP contribution in [0.5, 0.6) is 0 Å². The normalized spacial score (nSPS) is 34.1. The Labute approximate surface area is 73.3 Å². The topological polar surface area (TPSA) is 55.5 Å². The van der Waals surface area contributed by atoms with Crippen LogP contribution in [-0.2, 0) is 4.74 Å². The van der Waals surface area contributed by atoms with Gasteiger partial charge in [-0.05, 0) is 19.8 Å². The molecule has 0 radical (unpaired) electrons. The Morgan fingerprint density at radius 1 is 1.55 bits per heavy atom. The smallest absolute Gasteiger partial charge is 0.0832 e. The molecule has 1 rings (SSSR count). The lowest BCUT2D eigenvalue weighted by Crippen LogP contribution is -2.39. The van der Waals surface area contributed by atoms with Crippen LogP contribution in [0.3, 0.4) is 0 Å². The summed E-state index contributed by atoms with van der Waals surface area (Å²) in [5.74, 6) is 0. The summed E-state index contributed by atoms with van der Waals surface area (Å²) < 4.78 is 5.28. The average Bonchev–Trinajstić information content (AvgIpc) is 1.88. The van der Waals surface area contributed by atoms with Crippen LogP contribution in [-0.4, -0.2) is 30.0 Å². The van der Waals surface area contributed by atoms with Gasteiger partial charge in [0.05, 0.1) is 18.8 Å². The maximum atomic E-state index is 9.10. The van der Waals surface area contributed by atoms with E-state index in [4.69, 9.17) is 15.6 Å². The molecule has 4 heteroatoms. The van der Waals surface area contributed by atoms with Crippen LogP contribution < -0.4 is 5.73 Å². The lowest BCUT2D eigenvalue weighted by atomic mass is 10.0. The van der Waals surface area contributed by atoms with Gasteiger partial charge in [0, 0.05) is 6.04 Å². The van der Waals surface area contributed by atoms with Gasteiger partial charge in [-0.2, -0.15) is 0 Å². The Kier molecular flexibility index (Phi) is 5.01. The maximum Gasteiger partial charge on any atom is 0.0832 e. The monoisotopic (exact) mass is 181 g/mol. The molecule has 3 atom stereocenters. The van der Waals surface area contributed by atoms with Gasteiger partial charge in [-0.25, -0.2) is 0 Å². The fourth-order valence-corrected chi connectivity index (χ4v) is 1.17. The zero-order valence-electron chi connectivity index (χ0n) is 6.69. The van der Waals surface area contributed by atoms with Crippen LogP contribution in [0.1, 0.15) is 19.8 Å². The second kappa shape index (κ2) is 4.93. The SMILES string of the molecule is CC(O)[C@@H]1CC[C@@H](N)CO1.Cl. The Bertz CT molecular complexity index is 103. The van der Waals surface area contributed by atoms with Crippen LogP contribution in [0.25, 0.3) is 0 Å². The van der Waals surface area contributed by atoms with Crippen molar-refractivity contribution in [2.75, 3.05) is 6.61 Å². The van der Waals surface area contributed by atoms with Gasteiger partial charge >= 0.3 is 0 Å². The number of nitrogens with two attached hydrogens (primary N) is 1. The fraction of sp³-hybridized carbons (Fsp3) is 1.00. The highest BCUT2D eigenvalue weighted by molar-refractivity contribution is 5.85. The van der Waals surface area contributed by atoms with Crippen molar-refractivity contribution in [3.05, 3.63) is 0 Å². The Balaban J connectivity index is 0.000001000. The third-order valence-corrected chi connectivity index (χ3v) is 1.88. The molecule has 1 aliphatic heterocycles. The number of hydrogen-bond donors (Lipinski definition) is 2. The minimum atomic E-state index is -0.354. The minimum absolute atomic E-state index is 0. The molecular weight excluding hydrogens is 166 g/mol. The van der Waals surface area contributed by atoms with E-state index in [-0.39, 0.29) is 30.7 Å². The van der Waals surface area contributed by atoms with Gasteiger partial charge in [0.15, 0.2) is 0 Å². The first-order valence-electron chi connectivity index (χ1n) is 3.75. The molecule has 11 heavy (non-hydrogen) atoms. The van der Waals surface area contributed by atoms with Crippen LogP contribution >= 0.6 is 12.4 Å². The van der Waals surface area contributed by atoms with Crippen LogP contribution in [0.15, 0.2) is 0 Å². The Hall–Kier alpha value is 0.170. The van der Waals surface area contributed by atoms with Crippen molar-refractivity contribution < 1.29 is 9.84 Å². The van der Waals surface area contributed by atoms with E-state index in [9.17, 15) is 0 Å². The fourth-order valence-electron chi connectivity index (χ4n) is 1.17. The lowest BCUT2D eigenvalue weighted by Gasteiger charge is -2.28. The molecule has 1 unspecified atom stereocenters. The quantitative estimate of drug-likeness (QED) is 0.612. The molecule has 0 saturated carbocycles. The van der Waals surface area contributed by atoms with E-state index in [1.807, 2.05) is 0 Å². The Morgan fingerprint density at radius 2 is 2.18 bits per heavy atom. The van der Waals surface area contributed by atoms with Crippen molar-refractivity contribution in [2.24, 2.45) is 5.73 Å². The first-order valence-corrected chi connectivity index (χ1v) is 3.75. The molecule has 0 aromatic carbocycles. The van der Waals surface area contributed by atoms with Crippen molar-refractivity contribution in [1.82, 2.24) is 0 Å². The Morgan fingerprint density at radius 3 is 2.55 bits per heavy atom. The van der Waals surface area contributed by atoms with Gasteiger partial charge in [-0.3, -0.25) is 0 Å². The van der Waals surface area contributed by atoms with Crippen molar-refractivity contribution in [1.29, 1.82) is 0 Å². The molecular formula is C7H16ClNO2. The highest BCUT2D eigenvalue weighted by Gasteiger charge is 2.22. The third kappa shape index (κ3) is 3.38. The van der Waals surface area contributed by atoms with E-state index >= 15 is 0 Å². The summed E-state index contributed by atoms with van der Waals surface area (Å²) in [6.45, 7) is 2.34. The molecule has 1 saturated heterocycles. The van der Waals surface area contributed by atoms with Crippen molar-refractivity contribution >= 4 is 12.4 Å². The van der Waals surface area contributed by atoms with Crippen LogP contribution in [0.2, 0.25) is 0 Å². The second-order valence-electron chi connectivity index (χ2n) is 2.95. The highest BCUT2D eigenvalue weighted by Crippen LogP contribution is 2.14. The molecule has 0 aromatic rings. The summed E-state index contributed by atoms with van der Waals surface area (Å²) in [5, 5.41) is 9.10. The number of rotatable bonds is 1. The van der Waals surface area contributed by atoms with E-state index in [0.717, 1.165) is 12.8 Å². The van der Waals surface area contributed by atoms with E-state index in [0.29, 0.717) is 6.61 Å². The molecule has 1 heterocycles. The van der Waals surface area contributed by atoms with Gasteiger partial charge in [-0.15, -0.1) is 12.4 Å². The lowest BCUT2D eigenvalue weighted by molar-refractivity contribution is -0.0608. The van der Waals surface area contributed by atoms with Gasteiger partial charge in [0.2, 0.25) is 0 Å². The van der Waals surface area contributed by atoms with E-state index in [2.05, 4.69) is 0 Å². The zero-order valence-corrected chi connectivity index (χ0v) is 7.51. The molecule has 1 aliphatic rings. The molecule has 1 fully saturated rings. The van der Waals surface area contributed by atoms with Gasteiger partial charge in [-0.1, -0.05) is 0 Å². The first-order chi connectivity index (χ1) is 4.70. The summed E-state index contributed by atoms with van der Waals surface area (Å²) in [6, 6.07) is 0.176. The number of hydrogen-bond acceptors (Lipinski definition) is 3. The molecule has 0 spiro atoms. The molecule has 3 N–H and O–H groups in total. The van der Waals surface area contributed by atoms with E-state index in [1.54, 1.807) is 6.92 Å². The first kappa shape index (κ1) is 11.2. The molecule has 0 amide bonds. The van der Waals surface area contributed by atoms with Gasteiger partial charge < -0.3 is 15.6 Å². The van der Waals surface area contributed by atoms with Crippen molar-refractivity contribution in [3.8, 4) is 0 Å². The van der Waals surface area contributed by atoms with Crippen molar-refractivity contribution in [3.63, 3.8) is 0 Å². The molecule has 0 aliphatic carbocycles. The zero-order chi connectivity index (χ0) is 7.56. The molecule has 68 valence electrons.